The van der Waals surface area contributed by atoms with Crippen molar-refractivity contribution in [3.63, 3.8) is 0 Å². The Morgan fingerprint density at radius 2 is 2.24 bits per heavy atom. The average molecular weight is 234 g/mol. The summed E-state index contributed by atoms with van der Waals surface area (Å²) in [5, 5.41) is 9.91. The van der Waals surface area contributed by atoms with Gasteiger partial charge in [0.25, 0.3) is 0 Å². The summed E-state index contributed by atoms with van der Waals surface area (Å²) in [6.45, 7) is 0. The lowest BCUT2D eigenvalue weighted by Gasteiger charge is -2.16. The molecule has 7 heteroatoms. The van der Waals surface area contributed by atoms with Crippen LogP contribution in [0.2, 0.25) is 0 Å². The van der Waals surface area contributed by atoms with Gasteiger partial charge in [0, 0.05) is 0 Å². The quantitative estimate of drug-likeness (QED) is 0.506. The monoisotopic (exact) mass is 234 g/mol. The third-order valence-electron chi connectivity index (χ3n) is 3.30. The number of anilines is 1. The Hall–Kier alpha value is -1.73. The maximum absolute atomic E-state index is 9.91. The number of nitrogens with zero attached hydrogens (tertiary/aromatic N) is 4. The Bertz CT molecular complexity index is 539. The minimum atomic E-state index is -0.323. The van der Waals surface area contributed by atoms with Gasteiger partial charge < -0.3 is 15.1 Å². The van der Waals surface area contributed by atoms with Crippen molar-refractivity contribution in [2.45, 2.75) is 31.4 Å². The van der Waals surface area contributed by atoms with Crippen LogP contribution in [-0.2, 0) is 0 Å². The highest BCUT2D eigenvalue weighted by Crippen LogP contribution is 2.32. The second kappa shape index (κ2) is 3.94. The van der Waals surface area contributed by atoms with Crippen LogP contribution in [0.25, 0.3) is 11.2 Å². The molecule has 0 spiro atoms. The summed E-state index contributed by atoms with van der Waals surface area (Å²) in [5.74, 6) is 5.87. The molecule has 1 aliphatic carbocycles. The molecule has 0 aromatic carbocycles. The minimum absolute atomic E-state index is 0.0560. The molecule has 0 aliphatic heterocycles. The zero-order valence-corrected chi connectivity index (χ0v) is 9.24. The van der Waals surface area contributed by atoms with Gasteiger partial charge in [0.15, 0.2) is 17.0 Å². The van der Waals surface area contributed by atoms with Gasteiger partial charge in [0.1, 0.15) is 6.33 Å². The zero-order chi connectivity index (χ0) is 11.8. The number of hydrogen-bond donors (Lipinski definition) is 3. The first-order valence-electron chi connectivity index (χ1n) is 5.63. The number of hydrazine groups is 1. The first-order valence-corrected chi connectivity index (χ1v) is 5.63. The highest BCUT2D eigenvalue weighted by atomic mass is 16.3. The van der Waals surface area contributed by atoms with E-state index in [2.05, 4.69) is 20.4 Å². The van der Waals surface area contributed by atoms with Crippen molar-refractivity contribution in [2.75, 3.05) is 5.43 Å². The smallest absolute Gasteiger partial charge is 0.171 e. The van der Waals surface area contributed by atoms with Crippen molar-refractivity contribution in [1.29, 1.82) is 0 Å². The number of nitrogen functional groups attached to an aromatic ring is 1. The number of fused-ring (bicyclic) bond motifs is 1. The third-order valence-corrected chi connectivity index (χ3v) is 3.30. The molecule has 1 aliphatic rings. The van der Waals surface area contributed by atoms with Crippen LogP contribution in [-0.4, -0.2) is 30.7 Å². The van der Waals surface area contributed by atoms with Crippen LogP contribution >= 0.6 is 0 Å². The van der Waals surface area contributed by atoms with Gasteiger partial charge in [-0.05, 0) is 19.3 Å². The van der Waals surface area contributed by atoms with E-state index >= 15 is 0 Å². The Balaban J connectivity index is 2.12. The van der Waals surface area contributed by atoms with Crippen LogP contribution in [0.15, 0.2) is 12.7 Å². The fraction of sp³-hybridized carbons (Fsp3) is 0.500. The normalized spacial score (nSPS) is 24.4. The molecule has 1 fully saturated rings. The minimum Gasteiger partial charge on any atom is -0.391 e. The van der Waals surface area contributed by atoms with Gasteiger partial charge in [0.2, 0.25) is 0 Å². The first kappa shape index (κ1) is 10.4. The Morgan fingerprint density at radius 3 is 2.94 bits per heavy atom. The number of rotatable bonds is 2. The summed E-state index contributed by atoms with van der Waals surface area (Å²) in [5.41, 5.74) is 3.84. The molecule has 17 heavy (non-hydrogen) atoms. The summed E-state index contributed by atoms with van der Waals surface area (Å²) >= 11 is 0. The number of aliphatic hydroxyl groups is 1. The highest BCUT2D eigenvalue weighted by Gasteiger charge is 2.28. The molecule has 7 nitrogen and oxygen atoms in total. The number of aromatic nitrogens is 4. The van der Waals surface area contributed by atoms with Crippen LogP contribution in [0.4, 0.5) is 5.82 Å². The van der Waals surface area contributed by atoms with Gasteiger partial charge in [-0.15, -0.1) is 0 Å². The molecule has 2 atom stereocenters. The summed E-state index contributed by atoms with van der Waals surface area (Å²) in [4.78, 5) is 12.5. The van der Waals surface area contributed by atoms with Crippen LogP contribution in [0.1, 0.15) is 25.3 Å². The van der Waals surface area contributed by atoms with E-state index in [1.165, 1.54) is 6.33 Å². The molecule has 0 unspecified atom stereocenters. The van der Waals surface area contributed by atoms with Crippen molar-refractivity contribution in [3.05, 3.63) is 12.7 Å². The molecule has 90 valence electrons. The molecule has 2 heterocycles. The highest BCUT2D eigenvalue weighted by molar-refractivity contribution is 5.82. The van der Waals surface area contributed by atoms with E-state index in [1.54, 1.807) is 6.33 Å². The number of hydrogen-bond acceptors (Lipinski definition) is 6. The Morgan fingerprint density at radius 1 is 1.35 bits per heavy atom. The SMILES string of the molecule is NNc1ncnc2c1ncn2[C@H]1CCC[C@H]1O. The lowest BCUT2D eigenvalue weighted by molar-refractivity contribution is 0.138. The molecule has 0 bridgehead atoms. The van der Waals surface area contributed by atoms with Crippen LogP contribution < -0.4 is 11.3 Å². The number of imidazole rings is 1. The predicted octanol–water partition coefficient (Wildman–Crippen LogP) is 0.198. The Kier molecular flexibility index (Phi) is 2.41. The second-order valence-corrected chi connectivity index (χ2v) is 4.26. The summed E-state index contributed by atoms with van der Waals surface area (Å²) in [6, 6.07) is 0.0560. The lowest BCUT2D eigenvalue weighted by atomic mass is 10.2. The molecule has 4 N–H and O–H groups in total. The standard InChI is InChI=1S/C10H14N6O/c11-15-9-8-10(13-4-12-9)16(5-14-8)6-2-1-3-7(6)17/h4-7,17H,1-3,11H2,(H,12,13,15)/t6-,7+/m0/s1. The van der Waals surface area contributed by atoms with Crippen molar-refractivity contribution in [2.24, 2.45) is 5.84 Å². The average Bonchev–Trinajstić information content (AvgIpc) is 2.94. The maximum Gasteiger partial charge on any atom is 0.171 e. The van der Waals surface area contributed by atoms with E-state index in [1.807, 2.05) is 4.57 Å². The van der Waals surface area contributed by atoms with Crippen LogP contribution in [0.5, 0.6) is 0 Å². The number of aliphatic hydroxyl groups excluding tert-OH is 1. The van der Waals surface area contributed by atoms with Gasteiger partial charge in [-0.3, -0.25) is 0 Å². The molecule has 0 amide bonds. The molecular formula is C10H14N6O. The molecule has 0 radical (unpaired) electrons. The fourth-order valence-corrected chi connectivity index (χ4v) is 2.45. The largest absolute Gasteiger partial charge is 0.391 e. The van der Waals surface area contributed by atoms with E-state index < -0.39 is 0 Å². The Labute approximate surface area is 97.7 Å². The summed E-state index contributed by atoms with van der Waals surface area (Å²) < 4.78 is 1.91. The van der Waals surface area contributed by atoms with Gasteiger partial charge in [-0.1, -0.05) is 0 Å². The lowest BCUT2D eigenvalue weighted by Crippen LogP contribution is -2.18. The van der Waals surface area contributed by atoms with Crippen LogP contribution in [0, 0.1) is 0 Å². The number of nitrogens with one attached hydrogen (secondary N) is 1. The summed E-state index contributed by atoms with van der Waals surface area (Å²) in [7, 11) is 0. The summed E-state index contributed by atoms with van der Waals surface area (Å²) in [6.07, 6.45) is 5.62. The van der Waals surface area contributed by atoms with E-state index in [-0.39, 0.29) is 12.1 Å². The maximum atomic E-state index is 9.91. The van der Waals surface area contributed by atoms with Gasteiger partial charge in [-0.2, -0.15) is 0 Å². The zero-order valence-electron chi connectivity index (χ0n) is 9.24. The fourth-order valence-electron chi connectivity index (χ4n) is 2.45. The second-order valence-electron chi connectivity index (χ2n) is 4.26. The molecule has 2 aromatic heterocycles. The van der Waals surface area contributed by atoms with Gasteiger partial charge >= 0.3 is 0 Å². The van der Waals surface area contributed by atoms with Gasteiger partial charge in [0.05, 0.1) is 18.5 Å². The van der Waals surface area contributed by atoms with E-state index in [0.717, 1.165) is 19.3 Å². The van der Waals surface area contributed by atoms with Crippen LogP contribution in [0.3, 0.4) is 0 Å². The predicted molar refractivity (Wildman–Crippen MR) is 62.0 cm³/mol. The van der Waals surface area contributed by atoms with Crippen molar-refractivity contribution >= 4 is 17.0 Å². The number of nitrogens with two attached hydrogens (primary N) is 1. The third kappa shape index (κ3) is 1.55. The van der Waals surface area contributed by atoms with E-state index in [0.29, 0.717) is 17.0 Å². The molecule has 1 saturated carbocycles. The van der Waals surface area contributed by atoms with E-state index in [4.69, 9.17) is 5.84 Å². The molecule has 3 rings (SSSR count). The van der Waals surface area contributed by atoms with Crippen molar-refractivity contribution in [3.8, 4) is 0 Å². The van der Waals surface area contributed by atoms with E-state index in [9.17, 15) is 5.11 Å². The topological polar surface area (TPSA) is 102 Å². The van der Waals surface area contributed by atoms with Crippen molar-refractivity contribution in [1.82, 2.24) is 19.5 Å². The van der Waals surface area contributed by atoms with Crippen molar-refractivity contribution < 1.29 is 5.11 Å². The molecule has 0 saturated heterocycles. The van der Waals surface area contributed by atoms with Gasteiger partial charge in [-0.25, -0.2) is 20.8 Å². The first-order chi connectivity index (χ1) is 8.31. The molecular weight excluding hydrogens is 220 g/mol. The molecule has 2 aromatic rings.